The van der Waals surface area contributed by atoms with Gasteiger partial charge in [-0.2, -0.15) is 0 Å². The number of hydrogen-bond acceptors (Lipinski definition) is 9. The van der Waals surface area contributed by atoms with E-state index in [4.69, 9.17) is 16.2 Å². The Kier molecular flexibility index (Phi) is 25.4. The zero-order valence-corrected chi connectivity index (χ0v) is 29.3. The van der Waals surface area contributed by atoms with Crippen molar-refractivity contribution in [2.24, 2.45) is 11.5 Å². The maximum absolute atomic E-state index is 11.6. The Morgan fingerprint density at radius 3 is 1.47 bits per heavy atom. The summed E-state index contributed by atoms with van der Waals surface area (Å²) >= 11 is 1.74. The molecule has 1 amide bonds. The summed E-state index contributed by atoms with van der Waals surface area (Å²) in [6, 6.07) is 21.5. The van der Waals surface area contributed by atoms with Crippen LogP contribution in [0, 0.1) is 0 Å². The summed E-state index contributed by atoms with van der Waals surface area (Å²) in [5, 5.41) is 2.54. The van der Waals surface area contributed by atoms with Crippen molar-refractivity contribution in [1.29, 1.82) is 0 Å². The van der Waals surface area contributed by atoms with E-state index < -0.39 is 31.4 Å². The van der Waals surface area contributed by atoms with Crippen LogP contribution in [0.5, 0.6) is 0 Å². The van der Waals surface area contributed by atoms with Gasteiger partial charge in [0.2, 0.25) is 0 Å². The highest BCUT2D eigenvalue weighted by molar-refractivity contribution is 7.98. The van der Waals surface area contributed by atoms with Crippen LogP contribution in [-0.4, -0.2) is 47.3 Å². The molecule has 0 bridgehead atoms. The minimum absolute atomic E-state index is 0. The third kappa shape index (κ3) is 19.1. The van der Waals surface area contributed by atoms with Crippen molar-refractivity contribution < 1.29 is 26.4 Å². The first kappa shape index (κ1) is 49.6. The van der Waals surface area contributed by atoms with Gasteiger partial charge in [0.25, 0.3) is 0 Å². The molecule has 0 aliphatic rings. The van der Waals surface area contributed by atoms with Crippen LogP contribution in [0.3, 0.4) is 0 Å². The summed E-state index contributed by atoms with van der Waals surface area (Å²) in [7, 11) is -6.43. The molecule has 3 aromatic carbocycles. The second-order valence-electron chi connectivity index (χ2n) is 9.84. The van der Waals surface area contributed by atoms with Gasteiger partial charge < -0.3 is 21.5 Å². The number of nitrogens with two attached hydrogens (primary N) is 2. The first-order valence-corrected chi connectivity index (χ1v) is 17.6. The third-order valence-electron chi connectivity index (χ3n) is 5.20. The summed E-state index contributed by atoms with van der Waals surface area (Å²) in [6.45, 7) is 6.28. The van der Waals surface area contributed by atoms with Gasteiger partial charge in [0.15, 0.2) is 19.7 Å². The van der Waals surface area contributed by atoms with Gasteiger partial charge in [-0.05, 0) is 61.9 Å². The van der Waals surface area contributed by atoms with Gasteiger partial charge in [-0.3, -0.25) is 0 Å². The predicted octanol–water partition coefficient (Wildman–Crippen LogP) is 6.65. The number of nitrogens with one attached hydrogen (secondary N) is 1. The van der Waals surface area contributed by atoms with Crippen LogP contribution < -0.4 is 16.8 Å². The number of hydrogen-bond donors (Lipinski definition) is 3. The molecule has 0 radical (unpaired) electrons. The van der Waals surface area contributed by atoms with Crippen molar-refractivity contribution in [2.75, 3.05) is 18.8 Å². The number of halogens is 2. The Labute approximate surface area is 287 Å². The van der Waals surface area contributed by atoms with E-state index >= 15 is 0 Å². The fourth-order valence-corrected chi connectivity index (χ4v) is 5.92. The highest BCUT2D eigenvalue weighted by atomic mass is 35.5. The highest BCUT2D eigenvalue weighted by Gasteiger charge is 2.17. The van der Waals surface area contributed by atoms with E-state index in [0.717, 1.165) is 6.26 Å². The van der Waals surface area contributed by atoms with Gasteiger partial charge in [-0.25, -0.2) is 21.6 Å². The Morgan fingerprint density at radius 2 is 1.11 bits per heavy atom. The largest absolute Gasteiger partial charge is 0.444 e. The third-order valence-corrected chi connectivity index (χ3v) is 8.43. The number of ether oxygens (including phenoxy) is 1. The summed E-state index contributed by atoms with van der Waals surface area (Å²) in [5.41, 5.74) is 12.7. The van der Waals surface area contributed by atoms with Gasteiger partial charge in [-0.1, -0.05) is 69.5 Å². The quantitative estimate of drug-likeness (QED) is 0.227. The molecule has 3 aromatic rings. The average molecular weight is 729 g/mol. The lowest BCUT2D eigenvalue weighted by Gasteiger charge is -2.20. The standard InChI is InChI=1S/C13H19NO4S.C8H11NO2S.C8H11NS.2CH4.2ClH/c1-13(2,3)18-12(15)14-9-10-7-5-6-8-11(10)19(4,16)17;1-12(10,11)8-5-3-2-4-7(8)6-9;1-10-8-5-3-2-4-7(8)6-9;;;;/h5-8H,9H2,1-4H3,(H,14,15);2-5H,6,9H2,1H3;2-5H,6,9H2,1H3;2*1H4;2*1H. The van der Waals surface area contributed by atoms with Crippen LogP contribution in [0.2, 0.25) is 0 Å². The molecular formula is C31H51Cl2N3O6S3. The zero-order chi connectivity index (χ0) is 31.3. The maximum Gasteiger partial charge on any atom is 0.407 e. The molecule has 0 aromatic heterocycles. The molecule has 0 unspecified atom stereocenters. The highest BCUT2D eigenvalue weighted by Crippen LogP contribution is 2.19. The van der Waals surface area contributed by atoms with Crippen LogP contribution in [0.1, 0.15) is 52.3 Å². The number of alkyl carbamates (subject to hydrolysis) is 1. The van der Waals surface area contributed by atoms with Gasteiger partial charge in [0.05, 0.1) is 9.79 Å². The number of sulfone groups is 2. The fourth-order valence-electron chi connectivity index (χ4n) is 3.40. The smallest absolute Gasteiger partial charge is 0.407 e. The Bertz CT molecular complexity index is 1480. The van der Waals surface area contributed by atoms with E-state index in [0.29, 0.717) is 22.6 Å². The first-order chi connectivity index (χ1) is 19.0. The molecular weight excluding hydrogens is 677 g/mol. The van der Waals surface area contributed by atoms with E-state index in [1.54, 1.807) is 75.0 Å². The molecule has 0 saturated carbocycles. The monoisotopic (exact) mass is 727 g/mol. The van der Waals surface area contributed by atoms with Gasteiger partial charge in [0.1, 0.15) is 5.60 Å². The number of carbonyl (C=O) groups excluding carboxylic acids is 1. The maximum atomic E-state index is 11.6. The topological polar surface area (TPSA) is 159 Å². The van der Waals surface area contributed by atoms with E-state index in [-0.39, 0.29) is 57.7 Å². The van der Waals surface area contributed by atoms with Crippen molar-refractivity contribution >= 4 is 62.3 Å². The predicted molar refractivity (Wildman–Crippen MR) is 194 cm³/mol. The molecule has 5 N–H and O–H groups in total. The zero-order valence-electron chi connectivity index (χ0n) is 25.2. The molecule has 0 aliphatic heterocycles. The van der Waals surface area contributed by atoms with Crippen LogP contribution in [0.4, 0.5) is 4.79 Å². The first-order valence-electron chi connectivity index (χ1n) is 12.6. The molecule has 0 fully saturated rings. The molecule has 258 valence electrons. The van der Waals surface area contributed by atoms with Crippen molar-refractivity contribution in [1.82, 2.24) is 5.32 Å². The molecule has 14 heteroatoms. The lowest BCUT2D eigenvalue weighted by molar-refractivity contribution is 0.0523. The molecule has 9 nitrogen and oxygen atoms in total. The number of thioether (sulfide) groups is 1. The summed E-state index contributed by atoms with van der Waals surface area (Å²) in [6.07, 6.45) is 3.81. The Hall–Kier alpha value is -2.32. The fraction of sp³-hybridized carbons (Fsp3) is 0.387. The summed E-state index contributed by atoms with van der Waals surface area (Å²) < 4.78 is 50.6. The van der Waals surface area contributed by atoms with Gasteiger partial charge >= 0.3 is 6.09 Å². The number of benzene rings is 3. The van der Waals surface area contributed by atoms with E-state index in [2.05, 4.69) is 23.7 Å². The lowest BCUT2D eigenvalue weighted by atomic mass is 10.2. The Balaban J connectivity index is -0.000000283. The van der Waals surface area contributed by atoms with Crippen LogP contribution >= 0.6 is 36.6 Å². The second-order valence-corrected chi connectivity index (χ2v) is 14.7. The van der Waals surface area contributed by atoms with E-state index in [9.17, 15) is 21.6 Å². The summed E-state index contributed by atoms with van der Waals surface area (Å²) in [5.74, 6) is 0. The molecule has 0 heterocycles. The molecule has 45 heavy (non-hydrogen) atoms. The Morgan fingerprint density at radius 1 is 0.733 bits per heavy atom. The average Bonchev–Trinajstić information content (AvgIpc) is 2.90. The van der Waals surface area contributed by atoms with Crippen molar-refractivity contribution in [3.8, 4) is 0 Å². The van der Waals surface area contributed by atoms with Crippen molar-refractivity contribution in [3.05, 3.63) is 89.5 Å². The normalized spacial score (nSPS) is 10.3. The molecule has 0 atom stereocenters. The van der Waals surface area contributed by atoms with Crippen LogP contribution in [0.25, 0.3) is 0 Å². The van der Waals surface area contributed by atoms with Crippen LogP contribution in [0.15, 0.2) is 87.5 Å². The molecule has 0 spiro atoms. The molecule has 0 aliphatic carbocycles. The molecule has 3 rings (SSSR count). The second kappa shape index (κ2) is 23.1. The lowest BCUT2D eigenvalue weighted by Crippen LogP contribution is -2.32. The molecule has 0 saturated heterocycles. The minimum Gasteiger partial charge on any atom is -0.444 e. The van der Waals surface area contributed by atoms with E-state index in [1.807, 2.05) is 12.1 Å². The SMILES string of the molecule is C.C.CC(C)(C)OC(=O)NCc1ccccc1S(C)(=O)=O.CS(=O)(=O)c1ccccc1CN.CSc1ccccc1CN.Cl.Cl. The number of rotatable bonds is 7. The minimum atomic E-state index is -3.31. The van der Waals surface area contributed by atoms with E-state index in [1.165, 1.54) is 22.8 Å². The van der Waals surface area contributed by atoms with Crippen molar-refractivity contribution in [2.45, 2.75) is 75.5 Å². The van der Waals surface area contributed by atoms with Gasteiger partial charge in [-0.15, -0.1) is 36.6 Å². The number of carbonyl (C=O) groups is 1. The summed E-state index contributed by atoms with van der Waals surface area (Å²) in [4.78, 5) is 13.3. The van der Waals surface area contributed by atoms with Crippen molar-refractivity contribution in [3.63, 3.8) is 0 Å². The van der Waals surface area contributed by atoms with Gasteiger partial charge in [0, 0.05) is 37.0 Å². The van der Waals surface area contributed by atoms with Crippen LogP contribution in [-0.2, 0) is 44.0 Å². The number of amides is 1.